The Hall–Kier alpha value is -1.80. The predicted octanol–water partition coefficient (Wildman–Crippen LogP) is 9.98. The van der Waals surface area contributed by atoms with E-state index in [1.165, 1.54) is 25.3 Å². The molecule has 2 fully saturated rings. The first-order valence-corrected chi connectivity index (χ1v) is 16.2. The molecule has 0 spiro atoms. The summed E-state index contributed by atoms with van der Waals surface area (Å²) < 4.78 is 35.9. The van der Waals surface area contributed by atoms with Crippen molar-refractivity contribution in [3.63, 3.8) is 0 Å². The van der Waals surface area contributed by atoms with E-state index in [4.69, 9.17) is 11.2 Å². The maximum Gasteiger partial charge on any atom is 0.293 e. The topological polar surface area (TPSA) is 75.6 Å². The molecule has 0 amide bonds. The number of benzene rings is 2. The van der Waals surface area contributed by atoms with Gasteiger partial charge in [0.1, 0.15) is 5.69 Å². The molecule has 0 saturated heterocycles. The zero-order valence-corrected chi connectivity index (χ0v) is 27.5. The molecule has 0 unspecified atom stereocenters. The van der Waals surface area contributed by atoms with Crippen molar-refractivity contribution in [1.82, 2.24) is 0 Å². The molecular formula is C32H48Br2N4O2. The molecule has 0 atom stereocenters. The van der Waals surface area contributed by atoms with E-state index in [1.54, 1.807) is 17.0 Å². The van der Waals surface area contributed by atoms with E-state index in [9.17, 15) is 10.1 Å². The van der Waals surface area contributed by atoms with Crippen LogP contribution in [-0.2, 0) is 0 Å². The van der Waals surface area contributed by atoms with Gasteiger partial charge in [0.15, 0.2) is 0 Å². The molecule has 0 bridgehead atoms. The molecule has 222 valence electrons. The van der Waals surface area contributed by atoms with E-state index in [1.807, 2.05) is 50.8 Å². The van der Waals surface area contributed by atoms with Gasteiger partial charge >= 0.3 is 0 Å². The Morgan fingerprint density at radius 1 is 0.825 bits per heavy atom. The number of nitro benzene ring substituents is 1. The van der Waals surface area contributed by atoms with Crippen molar-refractivity contribution in [3.8, 4) is 0 Å². The average Bonchev–Trinajstić information content (AvgIpc) is 2.96. The summed E-state index contributed by atoms with van der Waals surface area (Å²) in [7, 11) is 0. The van der Waals surface area contributed by atoms with Crippen LogP contribution in [0.5, 0.6) is 0 Å². The van der Waals surface area contributed by atoms with Crippen molar-refractivity contribution in [2.24, 2.45) is 11.8 Å². The van der Waals surface area contributed by atoms with Gasteiger partial charge in [0.25, 0.3) is 5.69 Å². The van der Waals surface area contributed by atoms with E-state index < -0.39 is 17.9 Å². The largest absolute Gasteiger partial charge is 0.397 e. The van der Waals surface area contributed by atoms with Gasteiger partial charge in [0, 0.05) is 45.6 Å². The highest BCUT2D eigenvalue weighted by molar-refractivity contribution is 9.10. The standard InChI is InChI=1S/C16H23BrN2O2.C16H25BrN2/c1-12(2)11-18(14-6-4-3-5-7-14)15-9-8-13(17)10-16(15)19(20)21;1-12(2)11-19(14-6-4-3-5-7-14)16-9-8-13(17)10-15(16)18/h8-10,12,14H,3-7,11H2,1-2H3;8-10,12,14H,3-7,11,18H2,1-2H3/i2*11D2. The van der Waals surface area contributed by atoms with Crippen LogP contribution in [0.4, 0.5) is 22.7 Å². The smallest absolute Gasteiger partial charge is 0.293 e. The molecule has 2 aliphatic carbocycles. The second-order valence-corrected chi connectivity index (χ2v) is 13.3. The van der Waals surface area contributed by atoms with Crippen LogP contribution in [0.15, 0.2) is 45.3 Å². The van der Waals surface area contributed by atoms with Crippen molar-refractivity contribution < 1.29 is 10.4 Å². The van der Waals surface area contributed by atoms with Gasteiger partial charge in [-0.15, -0.1) is 0 Å². The Morgan fingerprint density at radius 2 is 1.25 bits per heavy atom. The molecule has 8 heteroatoms. The van der Waals surface area contributed by atoms with Crippen LogP contribution in [0.25, 0.3) is 0 Å². The maximum absolute atomic E-state index is 11.5. The lowest BCUT2D eigenvalue weighted by Gasteiger charge is -2.38. The molecule has 2 aromatic carbocycles. The van der Waals surface area contributed by atoms with Crippen molar-refractivity contribution in [3.05, 3.63) is 55.5 Å². The number of halogens is 2. The summed E-state index contributed by atoms with van der Waals surface area (Å²) in [6.45, 7) is 4.47. The van der Waals surface area contributed by atoms with Crippen LogP contribution in [-0.4, -0.2) is 30.0 Å². The lowest BCUT2D eigenvalue weighted by atomic mass is 9.93. The van der Waals surface area contributed by atoms with Crippen LogP contribution >= 0.6 is 31.9 Å². The van der Waals surface area contributed by atoms with Gasteiger partial charge in [-0.25, -0.2) is 0 Å². The zero-order chi connectivity index (χ0) is 32.8. The fourth-order valence-corrected chi connectivity index (χ4v) is 6.30. The first-order valence-electron chi connectivity index (χ1n) is 16.7. The molecule has 0 radical (unpaired) electrons. The second-order valence-electron chi connectivity index (χ2n) is 11.5. The molecule has 40 heavy (non-hydrogen) atoms. The van der Waals surface area contributed by atoms with Crippen LogP contribution in [0.1, 0.15) is 97.4 Å². The molecule has 2 saturated carbocycles. The van der Waals surface area contributed by atoms with E-state index in [-0.39, 0.29) is 29.6 Å². The Bertz CT molecular complexity index is 1250. The SMILES string of the molecule is [2H]C([2H])(C(C)C)N(c1ccc(Br)cc1N)C1CCCCC1.[2H]C([2H])(C(C)C)N(c1ccc(Br)cc1[N+](=O)[O-])C1CCCCC1. The summed E-state index contributed by atoms with van der Waals surface area (Å²) in [6, 6.07) is 10.8. The van der Waals surface area contributed by atoms with Gasteiger partial charge in [-0.2, -0.15) is 0 Å². The fraction of sp³-hybridized carbons (Fsp3) is 0.625. The number of nitrogen functional groups attached to an aromatic ring is 1. The van der Waals surface area contributed by atoms with Crippen LogP contribution in [0.2, 0.25) is 0 Å². The second kappa shape index (κ2) is 16.0. The van der Waals surface area contributed by atoms with E-state index >= 15 is 0 Å². The molecule has 2 N–H and O–H groups in total. The van der Waals surface area contributed by atoms with Gasteiger partial charge in [-0.05, 0) is 67.9 Å². The van der Waals surface area contributed by atoms with Gasteiger partial charge in [-0.3, -0.25) is 10.1 Å². The van der Waals surface area contributed by atoms with Gasteiger partial charge in [0.2, 0.25) is 0 Å². The summed E-state index contributed by atoms with van der Waals surface area (Å²) in [5.74, 6) is -0.366. The molecule has 0 aliphatic heterocycles. The minimum atomic E-state index is -1.64. The highest BCUT2D eigenvalue weighted by Gasteiger charge is 2.28. The van der Waals surface area contributed by atoms with Gasteiger partial charge in [0.05, 0.1) is 16.3 Å². The van der Waals surface area contributed by atoms with Crippen molar-refractivity contribution >= 4 is 54.6 Å². The molecular weight excluding hydrogens is 632 g/mol. The predicted molar refractivity (Wildman–Crippen MR) is 177 cm³/mol. The number of nitrogens with zero attached hydrogens (tertiary/aromatic N) is 3. The Kier molecular flexibility index (Phi) is 10.8. The van der Waals surface area contributed by atoms with Gasteiger partial charge in [-0.1, -0.05) is 98.1 Å². The third-order valence-corrected chi connectivity index (χ3v) is 8.30. The van der Waals surface area contributed by atoms with Crippen molar-refractivity contribution in [2.45, 2.75) is 104 Å². The molecule has 0 heterocycles. The number of anilines is 3. The first-order chi connectivity index (χ1) is 20.6. The summed E-state index contributed by atoms with van der Waals surface area (Å²) in [5.41, 5.74) is 7.98. The van der Waals surface area contributed by atoms with Crippen LogP contribution < -0.4 is 15.5 Å². The fourth-order valence-electron chi connectivity index (χ4n) is 5.57. The number of hydrogen-bond acceptors (Lipinski definition) is 5. The molecule has 4 rings (SSSR count). The Labute approximate surface area is 264 Å². The normalized spacial score (nSPS) is 18.7. The first kappa shape index (κ1) is 27.1. The molecule has 2 aromatic rings. The number of nitro groups is 1. The molecule has 2 aliphatic rings. The highest BCUT2D eigenvalue weighted by Crippen LogP contribution is 2.36. The van der Waals surface area contributed by atoms with Crippen molar-refractivity contribution in [2.75, 3.05) is 28.5 Å². The van der Waals surface area contributed by atoms with Crippen LogP contribution in [0.3, 0.4) is 0 Å². The number of hydrogen-bond donors (Lipinski definition) is 1. The third kappa shape index (κ3) is 9.64. The zero-order valence-electron chi connectivity index (χ0n) is 28.3. The Morgan fingerprint density at radius 3 is 1.68 bits per heavy atom. The van der Waals surface area contributed by atoms with E-state index in [2.05, 4.69) is 31.9 Å². The lowest BCUT2D eigenvalue weighted by Crippen LogP contribution is -2.39. The van der Waals surface area contributed by atoms with Gasteiger partial charge < -0.3 is 15.5 Å². The van der Waals surface area contributed by atoms with E-state index in [0.29, 0.717) is 15.8 Å². The summed E-state index contributed by atoms with van der Waals surface area (Å²) in [4.78, 5) is 14.7. The summed E-state index contributed by atoms with van der Waals surface area (Å²) in [5, 5.41) is 11.5. The van der Waals surface area contributed by atoms with E-state index in [0.717, 1.165) is 55.1 Å². The number of rotatable bonds is 9. The lowest BCUT2D eigenvalue weighted by molar-refractivity contribution is -0.384. The monoisotopic (exact) mass is 682 g/mol. The Balaban J connectivity index is 0.000000241. The average molecular weight is 685 g/mol. The third-order valence-electron chi connectivity index (χ3n) is 7.32. The molecule has 0 aromatic heterocycles. The minimum Gasteiger partial charge on any atom is -0.397 e. The van der Waals surface area contributed by atoms with Crippen molar-refractivity contribution in [1.29, 1.82) is 0 Å². The highest BCUT2D eigenvalue weighted by atomic mass is 79.9. The summed E-state index contributed by atoms with van der Waals surface area (Å²) in [6.07, 6.45) is 10.7. The molecule has 6 nitrogen and oxygen atoms in total. The number of nitrogens with two attached hydrogens (primary N) is 1. The summed E-state index contributed by atoms with van der Waals surface area (Å²) >= 11 is 6.70. The van der Waals surface area contributed by atoms with Crippen LogP contribution in [0, 0.1) is 22.0 Å². The minimum absolute atomic E-state index is 0.000950. The maximum atomic E-state index is 11.5. The quantitative estimate of drug-likeness (QED) is 0.162.